The number of H-pyrrole nitrogens is 1. The van der Waals surface area contributed by atoms with Crippen molar-refractivity contribution in [3.63, 3.8) is 0 Å². The molecular formula is C74H100N14O18S2. The monoisotopic (exact) mass is 1540 g/mol. The molecule has 0 aliphatic carbocycles. The Morgan fingerprint density at radius 1 is 0.546 bits per heavy atom. The Labute approximate surface area is 633 Å². The number of carboxylic acids is 1. The average molecular weight is 1540 g/mol. The van der Waals surface area contributed by atoms with Crippen molar-refractivity contribution in [1.82, 2.24) is 68.5 Å². The van der Waals surface area contributed by atoms with Crippen molar-refractivity contribution in [1.29, 1.82) is 0 Å². The van der Waals surface area contributed by atoms with E-state index in [-0.39, 0.29) is 68.6 Å². The maximum Gasteiger partial charge on any atom is 0.303 e. The number of aromatic amines is 1. The van der Waals surface area contributed by atoms with E-state index in [1.807, 2.05) is 24.3 Å². The minimum atomic E-state index is -1.84. The predicted octanol–water partition coefficient (Wildman–Crippen LogP) is 0.683. The number of aliphatic carboxylic acids is 1. The summed E-state index contributed by atoms with van der Waals surface area (Å²) in [7, 11) is 0. The standard InChI is InChI=1S/C74H100N14O18S2/c1-9-13-50-65(98)81-52(26-27-58(94)95)66(99)82-54(33-43-20-24-48(92)25-21-43)69(102)80-51(14-10-2)67(100)88-60(41(5)90)72(105)85-56(62(75)96)38-108-37-45-16-11-15-44(31-45)36-107-30-28-57(93)86-61(74(6,7)8)73(106)84-53(32-42-18-22-47(91)23-19-42)68(101)78-39(3)64(97)87-59(40(4)89)71(104)83-55(70(103)79-50)34-46-35-77-63-49(46)17-12-29-76-63/h11-12,15-25,29,31,35,39-41,50-56,59-61,89-92H,9-10,13-14,26-28,30,32-34,36-38H2,1-8H3,(H2,75,96)(H,76,77)(H,78,101)(H,79,103)(H,80,102)(H,81,98)(H,82,99)(H,83,104)(H,84,106)(H,85,105)(H,86,93)(H,87,97)(H,88,100)(H,94,95)/t39-,40-,41-,50+,51+,52+,53+,54+,55+,56-,59+,60+,61-/m1/s1. The first-order valence-corrected chi connectivity index (χ1v) is 37.9. The van der Waals surface area contributed by atoms with E-state index in [0.717, 1.165) is 11.1 Å². The van der Waals surface area contributed by atoms with E-state index in [1.165, 1.54) is 105 Å². The third kappa shape index (κ3) is 27.2. The lowest BCUT2D eigenvalue weighted by Crippen LogP contribution is -2.62. The summed E-state index contributed by atoms with van der Waals surface area (Å²) in [6.45, 7) is 12.1. The molecule has 0 fully saturated rings. The van der Waals surface area contributed by atoms with Gasteiger partial charge in [0.05, 0.1) is 12.2 Å². The zero-order valence-electron chi connectivity index (χ0n) is 61.5. The van der Waals surface area contributed by atoms with Gasteiger partial charge in [0.2, 0.25) is 70.9 Å². The number of nitrogens with two attached hydrogens (primary N) is 1. The molecule has 1 aliphatic rings. The second-order valence-electron chi connectivity index (χ2n) is 27.7. The average Bonchev–Trinajstić information content (AvgIpc) is 1.61. The SMILES string of the molecule is CCC[C@@H]1NC(=O)[C@H](Cc2c[nH]c3ncccc23)NC(=O)[C@H]([C@@H](C)O)NC(=O)[C@@H](C)NC(=O)[C@H](Cc2ccc(O)cc2)NC(=O)[C@H](C(C)(C)C)NC(=O)CCSCc2cccc(c2)CSC[C@H](C(N)=O)NC(=O)[C@H]([C@@H](C)O)NC(=O)[C@H](CCC)NC(=O)[C@H](Cc2ccc(O)cc2)NC(=O)[C@H](CCC(=O)O)NC1=O. The zero-order chi connectivity index (χ0) is 79.5. The molecule has 586 valence electrons. The molecule has 0 saturated carbocycles. The van der Waals surface area contributed by atoms with Crippen LogP contribution in [0.15, 0.2) is 97.3 Å². The van der Waals surface area contributed by atoms with Gasteiger partial charge in [-0.3, -0.25) is 62.3 Å². The minimum Gasteiger partial charge on any atom is -0.508 e. The van der Waals surface area contributed by atoms with Gasteiger partial charge in [-0.05, 0) is 110 Å². The van der Waals surface area contributed by atoms with Crippen LogP contribution in [-0.2, 0) is 93.1 Å². The smallest absolute Gasteiger partial charge is 0.303 e. The van der Waals surface area contributed by atoms with E-state index in [2.05, 4.69) is 68.5 Å². The van der Waals surface area contributed by atoms with Crippen molar-refractivity contribution in [2.45, 2.75) is 210 Å². The molecule has 5 aromatic rings. The fraction of sp³-hybridized carbons (Fsp3) is 0.486. The molecule has 3 aromatic carbocycles. The number of pyridine rings is 1. The van der Waals surface area contributed by atoms with Crippen LogP contribution >= 0.6 is 23.5 Å². The molecule has 0 radical (unpaired) electrons. The lowest BCUT2D eigenvalue weighted by molar-refractivity contribution is -0.139. The summed E-state index contributed by atoms with van der Waals surface area (Å²) in [5, 5.41) is 81.2. The van der Waals surface area contributed by atoms with Crippen LogP contribution in [0.5, 0.6) is 11.5 Å². The Balaban J connectivity index is 1.36. The minimum absolute atomic E-state index is 0.0252. The lowest BCUT2D eigenvalue weighted by atomic mass is 9.85. The van der Waals surface area contributed by atoms with Crippen molar-refractivity contribution in [2.75, 3.05) is 11.5 Å². The lowest BCUT2D eigenvalue weighted by Gasteiger charge is -2.32. The number of hydrogen-bond acceptors (Lipinski definition) is 20. The fourth-order valence-electron chi connectivity index (χ4n) is 11.6. The number of carbonyl (C=O) groups excluding carboxylic acids is 12. The maximum absolute atomic E-state index is 14.9. The van der Waals surface area contributed by atoms with Crippen LogP contribution in [-0.4, -0.2) is 203 Å². The molecule has 1 aliphatic heterocycles. The number of carboxylic acid groups (broad SMARTS) is 1. The Kier molecular flexibility index (Phi) is 33.4. The van der Waals surface area contributed by atoms with Gasteiger partial charge in [0.25, 0.3) is 0 Å². The van der Waals surface area contributed by atoms with Crippen molar-refractivity contribution < 1.29 is 87.9 Å². The fourth-order valence-corrected chi connectivity index (χ4v) is 13.5. The molecule has 6 rings (SSSR count). The number of benzene rings is 3. The van der Waals surface area contributed by atoms with Crippen molar-refractivity contribution >= 4 is 111 Å². The second-order valence-corrected chi connectivity index (χ2v) is 29.8. The molecule has 3 heterocycles. The van der Waals surface area contributed by atoms with E-state index < -0.39 is 174 Å². The molecule has 0 spiro atoms. The number of fused-ring (bicyclic) bond motifs is 3. The van der Waals surface area contributed by atoms with Crippen LogP contribution in [0.2, 0.25) is 0 Å². The van der Waals surface area contributed by atoms with E-state index in [1.54, 1.807) is 46.8 Å². The Hall–Kier alpha value is -10.3. The number of aromatic nitrogens is 2. The number of carbonyl (C=O) groups is 13. The van der Waals surface area contributed by atoms with Gasteiger partial charge in [0.15, 0.2) is 0 Å². The summed E-state index contributed by atoms with van der Waals surface area (Å²) in [5.41, 5.74) is 8.20. The molecule has 13 atom stereocenters. The second kappa shape index (κ2) is 41.7. The molecule has 0 unspecified atom stereocenters. The van der Waals surface area contributed by atoms with Gasteiger partial charge >= 0.3 is 5.97 Å². The number of hydrogen-bond donors (Lipinski definition) is 18. The van der Waals surface area contributed by atoms with Crippen LogP contribution < -0.4 is 64.2 Å². The molecule has 19 N–H and O–H groups in total. The number of aliphatic hydroxyl groups excluding tert-OH is 2. The Bertz CT molecular complexity index is 3970. The van der Waals surface area contributed by atoms with Crippen molar-refractivity contribution in [2.24, 2.45) is 11.1 Å². The van der Waals surface area contributed by atoms with E-state index in [9.17, 15) is 87.9 Å². The van der Waals surface area contributed by atoms with E-state index in [4.69, 9.17) is 5.73 Å². The highest BCUT2D eigenvalue weighted by Gasteiger charge is 2.40. The van der Waals surface area contributed by atoms with Gasteiger partial charge in [-0.2, -0.15) is 23.5 Å². The van der Waals surface area contributed by atoms with Crippen LogP contribution in [0, 0.1) is 5.41 Å². The van der Waals surface area contributed by atoms with Gasteiger partial charge in [0.1, 0.15) is 83.6 Å². The summed E-state index contributed by atoms with van der Waals surface area (Å²) in [6, 6.07) is 5.01. The van der Waals surface area contributed by atoms with Gasteiger partial charge in [0, 0.05) is 72.9 Å². The summed E-state index contributed by atoms with van der Waals surface area (Å²) >= 11 is 2.68. The number of nitrogens with zero attached hydrogens (tertiary/aromatic N) is 1. The highest BCUT2D eigenvalue weighted by Crippen LogP contribution is 2.24. The third-order valence-electron chi connectivity index (χ3n) is 17.6. The first-order valence-electron chi connectivity index (χ1n) is 35.5. The number of aliphatic hydroxyl groups is 2. The Morgan fingerprint density at radius 2 is 1.00 bits per heavy atom. The highest BCUT2D eigenvalue weighted by atomic mass is 32.2. The first kappa shape index (κ1) is 86.6. The van der Waals surface area contributed by atoms with Crippen LogP contribution in [0.25, 0.3) is 11.0 Å². The molecule has 34 heteroatoms. The summed E-state index contributed by atoms with van der Waals surface area (Å²) < 4.78 is 0. The van der Waals surface area contributed by atoms with Gasteiger partial charge in [-0.1, -0.05) is 96.0 Å². The van der Waals surface area contributed by atoms with Crippen LogP contribution in [0.1, 0.15) is 128 Å². The molecular weight excluding hydrogens is 1440 g/mol. The molecule has 12 amide bonds. The first-order chi connectivity index (χ1) is 51.1. The van der Waals surface area contributed by atoms with Gasteiger partial charge in [-0.25, -0.2) is 4.98 Å². The highest BCUT2D eigenvalue weighted by molar-refractivity contribution is 7.98. The molecule has 2 bridgehead atoms. The molecule has 0 saturated heterocycles. The third-order valence-corrected chi connectivity index (χ3v) is 19.7. The van der Waals surface area contributed by atoms with Crippen molar-refractivity contribution in [3.8, 4) is 11.5 Å². The topological polar surface area (TPSA) is 510 Å². The summed E-state index contributed by atoms with van der Waals surface area (Å²) in [5.74, 6) is -11.9. The maximum atomic E-state index is 14.9. The number of rotatable bonds is 16. The van der Waals surface area contributed by atoms with Crippen LogP contribution in [0.4, 0.5) is 0 Å². The van der Waals surface area contributed by atoms with Crippen molar-refractivity contribution in [3.05, 3.63) is 125 Å². The van der Waals surface area contributed by atoms with E-state index >= 15 is 0 Å². The van der Waals surface area contributed by atoms with Crippen LogP contribution in [0.3, 0.4) is 0 Å². The number of aromatic hydroxyl groups is 2. The zero-order valence-corrected chi connectivity index (χ0v) is 63.2. The van der Waals surface area contributed by atoms with Gasteiger partial charge in [-0.15, -0.1) is 0 Å². The van der Waals surface area contributed by atoms with Gasteiger partial charge < -0.3 is 94.7 Å². The normalized spacial score (nSPS) is 24.1. The van der Waals surface area contributed by atoms with E-state index in [0.29, 0.717) is 45.0 Å². The molecule has 2 aromatic heterocycles. The number of phenolic OH excluding ortho intramolecular Hbond substituents is 2. The predicted molar refractivity (Wildman–Crippen MR) is 402 cm³/mol. The number of thioether (sulfide) groups is 2. The molecule has 32 nitrogen and oxygen atoms in total. The number of primary amides is 1. The number of amides is 12. The Morgan fingerprint density at radius 3 is 1.51 bits per heavy atom. The largest absolute Gasteiger partial charge is 0.508 e. The quantitative estimate of drug-likeness (QED) is 0.0646. The number of phenols is 2. The summed E-state index contributed by atoms with van der Waals surface area (Å²) in [4.78, 5) is 191. The molecule has 108 heavy (non-hydrogen) atoms. The number of nitrogens with one attached hydrogen (secondary N) is 12. The summed E-state index contributed by atoms with van der Waals surface area (Å²) in [6.07, 6.45) is -2.17.